The van der Waals surface area contributed by atoms with E-state index in [2.05, 4.69) is 6.07 Å². The fourth-order valence-corrected chi connectivity index (χ4v) is 2.01. The van der Waals surface area contributed by atoms with Crippen molar-refractivity contribution >= 4 is 5.97 Å². The minimum Gasteiger partial charge on any atom is -0.478 e. The maximum Gasteiger partial charge on any atom is 0.335 e. The smallest absolute Gasteiger partial charge is 0.335 e. The summed E-state index contributed by atoms with van der Waals surface area (Å²) in [5.74, 6) is -0.933. The van der Waals surface area contributed by atoms with Crippen molar-refractivity contribution in [2.75, 3.05) is 0 Å². The summed E-state index contributed by atoms with van der Waals surface area (Å²) in [6, 6.07) is 14.4. The lowest BCUT2D eigenvalue weighted by Gasteiger charge is -2.09. The van der Waals surface area contributed by atoms with Gasteiger partial charge in [0.1, 0.15) is 0 Å². The number of carbonyl (C=O) groups is 1. The molecule has 0 atom stereocenters. The highest BCUT2D eigenvalue weighted by Gasteiger charge is 2.09. The van der Waals surface area contributed by atoms with Crippen molar-refractivity contribution in [2.45, 2.75) is 13.3 Å². The molecule has 2 rings (SSSR count). The number of hydrogen-bond acceptors (Lipinski definition) is 2. The molecular weight excluding hydrogens is 238 g/mol. The van der Waals surface area contributed by atoms with Crippen LogP contribution in [0, 0.1) is 11.3 Å². The zero-order chi connectivity index (χ0) is 13.8. The molecule has 0 spiro atoms. The van der Waals surface area contributed by atoms with Gasteiger partial charge in [-0.1, -0.05) is 25.1 Å². The van der Waals surface area contributed by atoms with Gasteiger partial charge in [-0.15, -0.1) is 0 Å². The molecule has 94 valence electrons. The van der Waals surface area contributed by atoms with Gasteiger partial charge in [-0.3, -0.25) is 0 Å². The van der Waals surface area contributed by atoms with Crippen molar-refractivity contribution in [1.82, 2.24) is 0 Å². The Bertz CT molecular complexity index is 651. The Labute approximate surface area is 111 Å². The van der Waals surface area contributed by atoms with Crippen LogP contribution in [0.4, 0.5) is 0 Å². The number of nitrogens with zero attached hydrogens (tertiary/aromatic N) is 1. The molecule has 0 unspecified atom stereocenters. The van der Waals surface area contributed by atoms with Crippen LogP contribution in [0.1, 0.15) is 28.4 Å². The fourth-order valence-electron chi connectivity index (χ4n) is 2.01. The van der Waals surface area contributed by atoms with Gasteiger partial charge in [0.05, 0.1) is 17.2 Å². The van der Waals surface area contributed by atoms with E-state index in [1.54, 1.807) is 24.3 Å². The van der Waals surface area contributed by atoms with Crippen LogP contribution in [0.15, 0.2) is 42.5 Å². The van der Waals surface area contributed by atoms with E-state index in [4.69, 9.17) is 10.4 Å². The lowest BCUT2D eigenvalue weighted by atomic mass is 9.95. The molecule has 0 aliphatic carbocycles. The van der Waals surface area contributed by atoms with Gasteiger partial charge >= 0.3 is 5.97 Å². The van der Waals surface area contributed by atoms with E-state index in [0.29, 0.717) is 5.56 Å². The van der Waals surface area contributed by atoms with Crippen LogP contribution in [0.5, 0.6) is 0 Å². The van der Waals surface area contributed by atoms with Crippen LogP contribution in [0.25, 0.3) is 11.1 Å². The van der Waals surface area contributed by atoms with E-state index in [1.807, 2.05) is 25.1 Å². The van der Waals surface area contributed by atoms with Crippen LogP contribution in [0.2, 0.25) is 0 Å². The van der Waals surface area contributed by atoms with E-state index in [9.17, 15) is 4.79 Å². The maximum absolute atomic E-state index is 11.0. The Morgan fingerprint density at radius 1 is 1.21 bits per heavy atom. The molecule has 0 aromatic heterocycles. The molecule has 3 heteroatoms. The second-order valence-electron chi connectivity index (χ2n) is 4.22. The number of hydrogen-bond donors (Lipinski definition) is 1. The summed E-state index contributed by atoms with van der Waals surface area (Å²) >= 11 is 0. The van der Waals surface area contributed by atoms with Gasteiger partial charge in [0, 0.05) is 0 Å². The van der Waals surface area contributed by atoms with Crippen LogP contribution < -0.4 is 0 Å². The second-order valence-corrected chi connectivity index (χ2v) is 4.22. The third-order valence-electron chi connectivity index (χ3n) is 3.06. The zero-order valence-electron chi connectivity index (χ0n) is 10.6. The van der Waals surface area contributed by atoms with E-state index in [-0.39, 0.29) is 5.56 Å². The van der Waals surface area contributed by atoms with Gasteiger partial charge in [0.15, 0.2) is 0 Å². The first kappa shape index (κ1) is 12.8. The average molecular weight is 251 g/mol. The van der Waals surface area contributed by atoms with Crippen LogP contribution in [-0.2, 0) is 6.42 Å². The Balaban J connectivity index is 2.55. The minimum atomic E-state index is -0.933. The summed E-state index contributed by atoms with van der Waals surface area (Å²) < 4.78 is 0. The molecule has 0 amide bonds. The highest BCUT2D eigenvalue weighted by molar-refractivity contribution is 5.90. The summed E-state index contributed by atoms with van der Waals surface area (Å²) in [7, 11) is 0. The van der Waals surface area contributed by atoms with Crippen LogP contribution in [0.3, 0.4) is 0 Å². The van der Waals surface area contributed by atoms with Gasteiger partial charge in [0.2, 0.25) is 0 Å². The highest BCUT2D eigenvalue weighted by Crippen LogP contribution is 2.26. The molecular formula is C16H13NO2. The van der Waals surface area contributed by atoms with Gasteiger partial charge in [-0.2, -0.15) is 5.26 Å². The normalized spacial score (nSPS) is 9.89. The summed E-state index contributed by atoms with van der Waals surface area (Å²) in [5.41, 5.74) is 3.80. The summed E-state index contributed by atoms with van der Waals surface area (Å²) in [4.78, 5) is 11.0. The van der Waals surface area contributed by atoms with Crippen molar-refractivity contribution in [3.05, 3.63) is 59.2 Å². The number of nitriles is 1. The number of rotatable bonds is 3. The van der Waals surface area contributed by atoms with Gasteiger partial charge in [-0.25, -0.2) is 4.79 Å². The Kier molecular flexibility index (Phi) is 3.63. The Morgan fingerprint density at radius 2 is 1.89 bits per heavy atom. The third kappa shape index (κ3) is 2.63. The van der Waals surface area contributed by atoms with Gasteiger partial charge in [-0.05, 0) is 47.4 Å². The monoisotopic (exact) mass is 251 g/mol. The number of benzene rings is 2. The predicted octanol–water partition coefficient (Wildman–Crippen LogP) is 3.49. The molecule has 3 nitrogen and oxygen atoms in total. The molecule has 0 aliphatic heterocycles. The first-order valence-electron chi connectivity index (χ1n) is 6.02. The van der Waals surface area contributed by atoms with Gasteiger partial charge < -0.3 is 5.11 Å². The van der Waals surface area contributed by atoms with Gasteiger partial charge in [0.25, 0.3) is 0 Å². The van der Waals surface area contributed by atoms with E-state index in [1.165, 1.54) is 0 Å². The van der Waals surface area contributed by atoms with Crippen molar-refractivity contribution in [1.29, 1.82) is 5.26 Å². The SMILES string of the molecule is CCc1ccc(C(=O)O)cc1-c1ccc(C#N)cc1. The topological polar surface area (TPSA) is 61.1 Å². The molecule has 0 heterocycles. The predicted molar refractivity (Wildman–Crippen MR) is 72.9 cm³/mol. The Hall–Kier alpha value is -2.60. The molecule has 0 radical (unpaired) electrons. The highest BCUT2D eigenvalue weighted by atomic mass is 16.4. The summed E-state index contributed by atoms with van der Waals surface area (Å²) in [6.45, 7) is 2.03. The standard InChI is InChI=1S/C16H13NO2/c1-2-12-7-8-14(16(18)19)9-15(12)13-5-3-11(10-17)4-6-13/h3-9H,2H2,1H3,(H,18,19). The van der Waals surface area contributed by atoms with Crippen molar-refractivity contribution in [2.24, 2.45) is 0 Å². The number of carboxylic acid groups (broad SMARTS) is 1. The second kappa shape index (κ2) is 5.36. The van der Waals surface area contributed by atoms with Crippen molar-refractivity contribution in [3.63, 3.8) is 0 Å². The Morgan fingerprint density at radius 3 is 2.42 bits per heavy atom. The first-order chi connectivity index (χ1) is 9.15. The number of aryl methyl sites for hydroxylation is 1. The number of aromatic carboxylic acids is 1. The van der Waals surface area contributed by atoms with E-state index >= 15 is 0 Å². The lowest BCUT2D eigenvalue weighted by molar-refractivity contribution is 0.0697. The fraction of sp³-hybridized carbons (Fsp3) is 0.125. The molecule has 0 saturated heterocycles. The minimum absolute atomic E-state index is 0.275. The molecule has 0 bridgehead atoms. The molecule has 0 saturated carbocycles. The first-order valence-corrected chi connectivity index (χ1v) is 6.02. The van der Waals surface area contributed by atoms with Crippen LogP contribution in [-0.4, -0.2) is 11.1 Å². The van der Waals surface area contributed by atoms with E-state index < -0.39 is 5.97 Å². The molecule has 0 aliphatic rings. The average Bonchev–Trinajstić information content (AvgIpc) is 2.46. The summed E-state index contributed by atoms with van der Waals surface area (Å²) in [6.07, 6.45) is 0.829. The summed E-state index contributed by atoms with van der Waals surface area (Å²) in [5, 5.41) is 17.8. The van der Waals surface area contributed by atoms with E-state index in [0.717, 1.165) is 23.1 Å². The van der Waals surface area contributed by atoms with Crippen LogP contribution >= 0.6 is 0 Å². The maximum atomic E-state index is 11.0. The van der Waals surface area contributed by atoms with Crippen molar-refractivity contribution < 1.29 is 9.90 Å². The molecule has 0 fully saturated rings. The van der Waals surface area contributed by atoms with Crippen molar-refractivity contribution in [3.8, 4) is 17.2 Å². The molecule has 2 aromatic rings. The largest absolute Gasteiger partial charge is 0.478 e. The lowest BCUT2D eigenvalue weighted by Crippen LogP contribution is -1.98. The quantitative estimate of drug-likeness (QED) is 0.908. The zero-order valence-corrected chi connectivity index (χ0v) is 10.6. The number of carboxylic acids is 1. The molecule has 1 N–H and O–H groups in total. The molecule has 19 heavy (non-hydrogen) atoms. The third-order valence-corrected chi connectivity index (χ3v) is 3.06. The molecule has 2 aromatic carbocycles.